The van der Waals surface area contributed by atoms with Gasteiger partial charge in [0.15, 0.2) is 5.82 Å². The van der Waals surface area contributed by atoms with Gasteiger partial charge in [-0.2, -0.15) is 4.98 Å². The molecule has 108 valence electrons. The predicted molar refractivity (Wildman–Crippen MR) is 66.1 cm³/mol. The van der Waals surface area contributed by atoms with E-state index in [1.165, 1.54) is 11.9 Å². The summed E-state index contributed by atoms with van der Waals surface area (Å²) in [5.41, 5.74) is 0. The van der Waals surface area contributed by atoms with Crippen LogP contribution in [0, 0.1) is 6.92 Å². The molecule has 0 saturated carbocycles. The Bertz CT molecular complexity index is 558. The second-order valence-electron chi connectivity index (χ2n) is 5.02. The lowest BCUT2D eigenvalue weighted by atomic mass is 10.1. The van der Waals surface area contributed by atoms with Crippen LogP contribution < -0.4 is 5.32 Å². The first-order valence-electron chi connectivity index (χ1n) is 6.30. The number of urea groups is 1. The van der Waals surface area contributed by atoms with Crippen molar-refractivity contribution in [3.8, 4) is 0 Å². The number of rotatable bonds is 2. The van der Waals surface area contributed by atoms with Gasteiger partial charge in [-0.15, -0.1) is 0 Å². The lowest BCUT2D eigenvalue weighted by molar-refractivity contribution is -0.136. The third-order valence-corrected chi connectivity index (χ3v) is 3.70. The number of fused-ring (bicyclic) bond motifs is 1. The highest BCUT2D eigenvalue weighted by molar-refractivity contribution is 6.00. The lowest BCUT2D eigenvalue weighted by Gasteiger charge is -2.39. The van der Waals surface area contributed by atoms with Gasteiger partial charge in [0.05, 0.1) is 13.2 Å². The molecule has 0 spiro atoms. The molecule has 2 aliphatic rings. The van der Waals surface area contributed by atoms with Crippen LogP contribution in [0.3, 0.4) is 0 Å². The summed E-state index contributed by atoms with van der Waals surface area (Å²) in [6.07, 6.45) is -0.320. The number of aromatic nitrogens is 2. The third kappa shape index (κ3) is 1.86. The molecule has 0 aliphatic carbocycles. The van der Waals surface area contributed by atoms with E-state index in [0.29, 0.717) is 24.9 Å². The Kier molecular flexibility index (Phi) is 2.94. The van der Waals surface area contributed by atoms with E-state index in [1.54, 1.807) is 14.0 Å². The molecule has 2 atom stereocenters. The van der Waals surface area contributed by atoms with Gasteiger partial charge >= 0.3 is 6.03 Å². The second-order valence-corrected chi connectivity index (χ2v) is 5.02. The van der Waals surface area contributed by atoms with Crippen molar-refractivity contribution < 1.29 is 14.1 Å². The highest BCUT2D eigenvalue weighted by Crippen LogP contribution is 2.23. The van der Waals surface area contributed by atoms with E-state index in [0.717, 1.165) is 4.90 Å². The number of nitrogens with zero attached hydrogens (tertiary/aromatic N) is 5. The molecular weight excluding hydrogens is 264 g/mol. The average Bonchev–Trinajstić information content (AvgIpc) is 3.01. The molecule has 1 aromatic rings. The van der Waals surface area contributed by atoms with Crippen molar-refractivity contribution >= 4 is 11.9 Å². The standard InChI is InChI=1S/C11H16N6O3/c1-6-13-7(14-20-6)4-17-5-12-9-8(17)10(18)16(3)11(19)15(9)2/h8-9,12H,4-5H2,1-3H3. The van der Waals surface area contributed by atoms with Gasteiger partial charge < -0.3 is 9.42 Å². The molecule has 0 radical (unpaired) electrons. The number of aryl methyl sites for hydroxylation is 1. The minimum Gasteiger partial charge on any atom is -0.340 e. The van der Waals surface area contributed by atoms with Gasteiger partial charge in [-0.25, -0.2) is 4.79 Å². The molecule has 2 unspecified atom stereocenters. The molecule has 2 saturated heterocycles. The maximum Gasteiger partial charge on any atom is 0.327 e. The lowest BCUT2D eigenvalue weighted by Crippen LogP contribution is -2.65. The van der Waals surface area contributed by atoms with Crippen molar-refractivity contribution in [3.63, 3.8) is 0 Å². The van der Waals surface area contributed by atoms with Crippen LogP contribution in [0.1, 0.15) is 11.7 Å². The van der Waals surface area contributed by atoms with Gasteiger partial charge in [-0.1, -0.05) is 5.16 Å². The van der Waals surface area contributed by atoms with E-state index >= 15 is 0 Å². The summed E-state index contributed by atoms with van der Waals surface area (Å²) in [5, 5.41) is 7.00. The summed E-state index contributed by atoms with van der Waals surface area (Å²) >= 11 is 0. The summed E-state index contributed by atoms with van der Waals surface area (Å²) in [6, 6.07) is -0.734. The fraction of sp³-hybridized carbons (Fsp3) is 0.636. The summed E-state index contributed by atoms with van der Waals surface area (Å²) in [4.78, 5) is 32.9. The molecule has 1 N–H and O–H groups in total. The van der Waals surface area contributed by atoms with Crippen molar-refractivity contribution in [2.24, 2.45) is 0 Å². The number of likely N-dealkylation sites (N-methyl/N-ethyl adjacent to an activating group) is 2. The van der Waals surface area contributed by atoms with Crippen LogP contribution >= 0.6 is 0 Å². The molecule has 1 aromatic heterocycles. The summed E-state index contributed by atoms with van der Waals surface area (Å²) in [7, 11) is 3.17. The first-order valence-corrected chi connectivity index (χ1v) is 6.30. The van der Waals surface area contributed by atoms with Crippen molar-refractivity contribution in [1.82, 2.24) is 30.2 Å². The monoisotopic (exact) mass is 280 g/mol. The van der Waals surface area contributed by atoms with E-state index in [2.05, 4.69) is 15.5 Å². The molecule has 20 heavy (non-hydrogen) atoms. The van der Waals surface area contributed by atoms with Crippen LogP contribution in [0.5, 0.6) is 0 Å². The van der Waals surface area contributed by atoms with Crippen molar-refractivity contribution in [1.29, 1.82) is 0 Å². The Morgan fingerprint density at radius 3 is 2.80 bits per heavy atom. The van der Waals surface area contributed by atoms with Crippen LogP contribution in [0.4, 0.5) is 4.79 Å². The van der Waals surface area contributed by atoms with Crippen LogP contribution in [0.25, 0.3) is 0 Å². The second kappa shape index (κ2) is 4.53. The molecule has 9 heteroatoms. The van der Waals surface area contributed by atoms with Crippen molar-refractivity contribution in [3.05, 3.63) is 11.7 Å². The van der Waals surface area contributed by atoms with Gasteiger partial charge in [0.2, 0.25) is 5.89 Å². The van der Waals surface area contributed by atoms with Crippen LogP contribution in [-0.2, 0) is 11.3 Å². The van der Waals surface area contributed by atoms with Gasteiger partial charge in [0.25, 0.3) is 5.91 Å². The topological polar surface area (TPSA) is 94.8 Å². The van der Waals surface area contributed by atoms with E-state index in [-0.39, 0.29) is 18.1 Å². The van der Waals surface area contributed by atoms with E-state index in [9.17, 15) is 9.59 Å². The number of carbonyl (C=O) groups excluding carboxylic acids is 2. The third-order valence-electron chi connectivity index (χ3n) is 3.70. The fourth-order valence-corrected chi connectivity index (χ4v) is 2.65. The highest BCUT2D eigenvalue weighted by Gasteiger charge is 2.49. The van der Waals surface area contributed by atoms with Gasteiger partial charge in [-0.05, 0) is 0 Å². The Morgan fingerprint density at radius 1 is 1.40 bits per heavy atom. The zero-order chi connectivity index (χ0) is 14.4. The molecule has 3 amide bonds. The molecule has 0 aromatic carbocycles. The van der Waals surface area contributed by atoms with Gasteiger partial charge in [-0.3, -0.25) is 19.9 Å². The smallest absolute Gasteiger partial charge is 0.327 e. The summed E-state index contributed by atoms with van der Waals surface area (Å²) < 4.78 is 4.93. The molecule has 2 aliphatic heterocycles. The Hall–Kier alpha value is -2.00. The van der Waals surface area contributed by atoms with E-state index in [4.69, 9.17) is 4.52 Å². The van der Waals surface area contributed by atoms with E-state index < -0.39 is 6.04 Å². The largest absolute Gasteiger partial charge is 0.340 e. The average molecular weight is 280 g/mol. The Balaban J connectivity index is 1.82. The molecule has 3 heterocycles. The predicted octanol–water partition coefficient (Wildman–Crippen LogP) is -1.04. The van der Waals surface area contributed by atoms with Crippen molar-refractivity contribution in [2.75, 3.05) is 20.8 Å². The Labute approximate surface area is 115 Å². The first-order chi connectivity index (χ1) is 9.49. The molecule has 2 fully saturated rings. The number of carbonyl (C=O) groups is 2. The van der Waals surface area contributed by atoms with E-state index in [1.807, 2.05) is 4.90 Å². The minimum atomic E-state index is -0.429. The number of imide groups is 1. The van der Waals surface area contributed by atoms with Crippen LogP contribution in [0.2, 0.25) is 0 Å². The van der Waals surface area contributed by atoms with Gasteiger partial charge in [0, 0.05) is 21.0 Å². The highest BCUT2D eigenvalue weighted by atomic mass is 16.5. The summed E-state index contributed by atoms with van der Waals surface area (Å²) in [6.45, 7) is 2.60. The van der Waals surface area contributed by atoms with Gasteiger partial charge in [0.1, 0.15) is 12.2 Å². The number of hydrogen-bond acceptors (Lipinski definition) is 7. The zero-order valence-corrected chi connectivity index (χ0v) is 11.5. The number of amides is 3. The maximum atomic E-state index is 12.3. The first kappa shape index (κ1) is 13.0. The van der Waals surface area contributed by atoms with Crippen molar-refractivity contribution in [2.45, 2.75) is 25.7 Å². The quantitative estimate of drug-likeness (QED) is 0.739. The molecule has 3 rings (SSSR count). The van der Waals surface area contributed by atoms with Crippen LogP contribution in [0.15, 0.2) is 4.52 Å². The fourth-order valence-electron chi connectivity index (χ4n) is 2.65. The number of nitrogens with one attached hydrogen (secondary N) is 1. The Morgan fingerprint density at radius 2 is 2.15 bits per heavy atom. The zero-order valence-electron chi connectivity index (χ0n) is 11.5. The minimum absolute atomic E-state index is 0.219. The number of hydrogen-bond donors (Lipinski definition) is 1. The molecule has 0 bridgehead atoms. The normalized spacial score (nSPS) is 27.4. The SMILES string of the molecule is Cc1nc(CN2CNC3C2C(=O)N(C)C(=O)N3C)no1. The van der Waals surface area contributed by atoms with Crippen LogP contribution in [-0.4, -0.2) is 69.8 Å². The molecule has 9 nitrogen and oxygen atoms in total. The maximum absolute atomic E-state index is 12.3. The molecular formula is C11H16N6O3. The summed E-state index contributed by atoms with van der Waals surface area (Å²) in [5.74, 6) is 0.798.